The summed E-state index contributed by atoms with van der Waals surface area (Å²) in [7, 11) is 1.92. The molecule has 1 saturated heterocycles. The molecule has 0 saturated carbocycles. The van der Waals surface area contributed by atoms with Gasteiger partial charge in [-0.25, -0.2) is 4.98 Å². The van der Waals surface area contributed by atoms with Gasteiger partial charge < -0.3 is 20.6 Å². The second-order valence-corrected chi connectivity index (χ2v) is 6.29. The first-order valence-corrected chi connectivity index (χ1v) is 7.70. The van der Waals surface area contributed by atoms with Gasteiger partial charge in [-0.05, 0) is 19.3 Å². The van der Waals surface area contributed by atoms with E-state index in [1.165, 1.54) is 11.3 Å². The first kappa shape index (κ1) is 15.1. The molecule has 3 N–H and O–H groups in total. The van der Waals surface area contributed by atoms with Crippen molar-refractivity contribution in [3.05, 3.63) is 4.88 Å². The van der Waals surface area contributed by atoms with Crippen LogP contribution < -0.4 is 10.6 Å². The summed E-state index contributed by atoms with van der Waals surface area (Å²) < 4.78 is 0. The summed E-state index contributed by atoms with van der Waals surface area (Å²) in [4.78, 5) is 20.8. The molecule has 0 aromatic carbocycles. The molecular formula is C13H22N4O2S. The molecule has 1 aromatic heterocycles. The number of nitrogens with two attached hydrogens (primary N) is 1. The number of anilines is 2. The fourth-order valence-corrected chi connectivity index (χ4v) is 3.13. The van der Waals surface area contributed by atoms with Crippen molar-refractivity contribution in [2.75, 3.05) is 37.3 Å². The molecule has 0 aliphatic carbocycles. The number of β-amino-alcohol motifs (C(OH)–C–C–N with tert-alkyl or cyclic N) is 1. The summed E-state index contributed by atoms with van der Waals surface area (Å²) in [6, 6.07) is 0. The third kappa shape index (κ3) is 2.88. The number of carbonyl (C=O) groups excluding carboxylic acids is 1. The van der Waals surface area contributed by atoms with Crippen LogP contribution in [0.4, 0.5) is 10.9 Å². The number of nitrogens with zero attached hydrogens (tertiary/aromatic N) is 3. The van der Waals surface area contributed by atoms with Crippen molar-refractivity contribution < 1.29 is 9.90 Å². The molecule has 6 nitrogen and oxygen atoms in total. The van der Waals surface area contributed by atoms with Gasteiger partial charge in [-0.3, -0.25) is 4.79 Å². The third-order valence-electron chi connectivity index (χ3n) is 3.84. The number of aliphatic hydroxyl groups excluding tert-OH is 1. The number of hydrogen-bond donors (Lipinski definition) is 2. The van der Waals surface area contributed by atoms with Gasteiger partial charge in [0.1, 0.15) is 10.7 Å². The normalized spacial score (nSPS) is 22.9. The van der Waals surface area contributed by atoms with Crippen LogP contribution in [0.15, 0.2) is 0 Å². The van der Waals surface area contributed by atoms with Crippen molar-refractivity contribution in [2.24, 2.45) is 5.92 Å². The molecule has 2 unspecified atom stereocenters. The number of nitrogen functional groups attached to an aromatic ring is 1. The molecule has 2 atom stereocenters. The molecule has 0 radical (unpaired) electrons. The van der Waals surface area contributed by atoms with Crippen LogP contribution in [0.25, 0.3) is 0 Å². The lowest BCUT2D eigenvalue weighted by Crippen LogP contribution is -2.45. The van der Waals surface area contributed by atoms with Gasteiger partial charge in [0, 0.05) is 26.7 Å². The number of likely N-dealkylation sites (tertiary alicyclic amines) is 1. The Hall–Kier alpha value is -1.34. The summed E-state index contributed by atoms with van der Waals surface area (Å²) in [6.45, 7) is 5.85. The van der Waals surface area contributed by atoms with Crippen LogP contribution in [-0.4, -0.2) is 53.7 Å². The Morgan fingerprint density at radius 2 is 2.35 bits per heavy atom. The number of rotatable bonds is 3. The fourth-order valence-electron chi connectivity index (χ4n) is 2.15. The van der Waals surface area contributed by atoms with E-state index in [4.69, 9.17) is 5.73 Å². The highest BCUT2D eigenvalue weighted by molar-refractivity contribution is 7.18. The van der Waals surface area contributed by atoms with Crippen LogP contribution in [0.3, 0.4) is 0 Å². The second-order valence-electron chi connectivity index (χ2n) is 5.31. The van der Waals surface area contributed by atoms with E-state index in [1.807, 2.05) is 25.8 Å². The van der Waals surface area contributed by atoms with Crippen LogP contribution >= 0.6 is 11.3 Å². The van der Waals surface area contributed by atoms with Crippen molar-refractivity contribution in [1.29, 1.82) is 0 Å². The van der Waals surface area contributed by atoms with Gasteiger partial charge in [0.15, 0.2) is 5.13 Å². The molecule has 112 valence electrons. The van der Waals surface area contributed by atoms with E-state index in [0.29, 0.717) is 18.0 Å². The van der Waals surface area contributed by atoms with Crippen molar-refractivity contribution in [3.63, 3.8) is 0 Å². The van der Waals surface area contributed by atoms with Gasteiger partial charge in [0.05, 0.1) is 6.10 Å². The minimum atomic E-state index is -0.459. The number of piperidine rings is 1. The first-order valence-electron chi connectivity index (χ1n) is 6.88. The van der Waals surface area contributed by atoms with Gasteiger partial charge in [0.25, 0.3) is 5.91 Å². The van der Waals surface area contributed by atoms with Crippen LogP contribution in [0.2, 0.25) is 0 Å². The molecule has 20 heavy (non-hydrogen) atoms. The molecule has 1 aliphatic heterocycles. The van der Waals surface area contributed by atoms with E-state index >= 15 is 0 Å². The quantitative estimate of drug-likeness (QED) is 0.870. The number of aliphatic hydroxyl groups is 1. The minimum Gasteiger partial charge on any atom is -0.391 e. The Balaban J connectivity index is 2.15. The zero-order valence-electron chi connectivity index (χ0n) is 12.2. The minimum absolute atomic E-state index is 0.123. The van der Waals surface area contributed by atoms with Crippen molar-refractivity contribution in [3.8, 4) is 0 Å². The molecule has 7 heteroatoms. The van der Waals surface area contributed by atoms with Gasteiger partial charge in [-0.15, -0.1) is 0 Å². The van der Waals surface area contributed by atoms with Crippen molar-refractivity contribution in [2.45, 2.75) is 26.4 Å². The Morgan fingerprint density at radius 3 is 2.95 bits per heavy atom. The molecule has 2 heterocycles. The monoisotopic (exact) mass is 298 g/mol. The average Bonchev–Trinajstić information content (AvgIpc) is 2.82. The summed E-state index contributed by atoms with van der Waals surface area (Å²) in [5.41, 5.74) is 5.87. The summed E-state index contributed by atoms with van der Waals surface area (Å²) in [6.07, 6.45) is 0.354. The highest BCUT2D eigenvalue weighted by Crippen LogP contribution is 2.29. The maximum Gasteiger partial charge on any atom is 0.267 e. The summed E-state index contributed by atoms with van der Waals surface area (Å²) in [5.74, 6) is 0.393. The van der Waals surface area contributed by atoms with Crippen LogP contribution in [0, 0.1) is 5.92 Å². The van der Waals surface area contributed by atoms with Gasteiger partial charge in [-0.2, -0.15) is 0 Å². The van der Waals surface area contributed by atoms with Crippen LogP contribution in [-0.2, 0) is 0 Å². The zero-order valence-corrected chi connectivity index (χ0v) is 13.0. The maximum atomic E-state index is 12.5. The third-order valence-corrected chi connectivity index (χ3v) is 5.02. The summed E-state index contributed by atoms with van der Waals surface area (Å²) in [5, 5.41) is 10.6. The maximum absolute atomic E-state index is 12.5. The van der Waals surface area contributed by atoms with E-state index in [2.05, 4.69) is 4.98 Å². The Kier molecular flexibility index (Phi) is 4.49. The lowest BCUT2D eigenvalue weighted by molar-refractivity contribution is 0.0252. The number of amides is 1. The predicted molar refractivity (Wildman–Crippen MR) is 81.2 cm³/mol. The fraction of sp³-hybridized carbons (Fsp3) is 0.692. The Labute approximate surface area is 123 Å². The molecule has 0 spiro atoms. The van der Waals surface area contributed by atoms with E-state index < -0.39 is 6.10 Å². The van der Waals surface area contributed by atoms with Crippen molar-refractivity contribution >= 4 is 28.2 Å². The van der Waals surface area contributed by atoms with Crippen LogP contribution in [0.5, 0.6) is 0 Å². The molecule has 2 rings (SSSR count). The summed E-state index contributed by atoms with van der Waals surface area (Å²) >= 11 is 1.31. The van der Waals surface area contributed by atoms with E-state index in [9.17, 15) is 9.90 Å². The molecule has 1 amide bonds. The van der Waals surface area contributed by atoms with Crippen LogP contribution in [0.1, 0.15) is 29.9 Å². The van der Waals surface area contributed by atoms with Gasteiger partial charge in [0.2, 0.25) is 0 Å². The predicted octanol–water partition coefficient (Wildman–Crippen LogP) is 1.02. The van der Waals surface area contributed by atoms with Gasteiger partial charge in [-0.1, -0.05) is 18.3 Å². The topological polar surface area (TPSA) is 82.7 Å². The van der Waals surface area contributed by atoms with E-state index in [0.717, 1.165) is 18.1 Å². The molecule has 0 bridgehead atoms. The molecular weight excluding hydrogens is 276 g/mol. The smallest absolute Gasteiger partial charge is 0.267 e. The number of hydrogen-bond acceptors (Lipinski definition) is 6. The van der Waals surface area contributed by atoms with E-state index in [1.54, 1.807) is 4.90 Å². The van der Waals surface area contributed by atoms with Crippen molar-refractivity contribution in [1.82, 2.24) is 9.88 Å². The molecule has 1 fully saturated rings. The standard InChI is InChI=1S/C13H22N4O2S/c1-4-16(3)13-15-11(14)10(20-13)12(19)17-6-5-8(2)9(18)7-17/h8-9,18H,4-7,14H2,1-3H3. The lowest BCUT2D eigenvalue weighted by atomic mass is 9.96. The van der Waals surface area contributed by atoms with Gasteiger partial charge >= 0.3 is 0 Å². The second kappa shape index (κ2) is 5.97. The highest BCUT2D eigenvalue weighted by Gasteiger charge is 2.30. The Morgan fingerprint density at radius 1 is 1.65 bits per heavy atom. The average molecular weight is 298 g/mol. The number of thiazole rings is 1. The first-order chi connectivity index (χ1) is 9.43. The number of carbonyl (C=O) groups is 1. The number of aromatic nitrogens is 1. The Bertz CT molecular complexity index is 491. The lowest BCUT2D eigenvalue weighted by Gasteiger charge is -2.34. The highest BCUT2D eigenvalue weighted by atomic mass is 32.1. The SMILES string of the molecule is CCN(C)c1nc(N)c(C(=O)N2CCC(C)C(O)C2)s1. The zero-order chi connectivity index (χ0) is 14.9. The largest absolute Gasteiger partial charge is 0.391 e. The molecule has 1 aliphatic rings. The molecule has 1 aromatic rings. The van der Waals surface area contributed by atoms with E-state index in [-0.39, 0.29) is 17.6 Å².